The highest BCUT2D eigenvalue weighted by atomic mass is 19.1. The number of aromatic nitrogens is 2. The first-order valence-corrected chi connectivity index (χ1v) is 6.34. The maximum atomic E-state index is 13.7. The van der Waals surface area contributed by atoms with Crippen LogP contribution in [0.25, 0.3) is 0 Å². The van der Waals surface area contributed by atoms with Crippen molar-refractivity contribution < 1.29 is 14.3 Å². The average molecular weight is 292 g/mol. The fourth-order valence-electron chi connectivity index (χ4n) is 1.99. The molecule has 7 heteroatoms. The van der Waals surface area contributed by atoms with E-state index in [1.165, 1.54) is 12.1 Å². The summed E-state index contributed by atoms with van der Waals surface area (Å²) in [6.45, 7) is 0.345. The number of carboxylic acids is 1. The van der Waals surface area contributed by atoms with E-state index in [1.54, 1.807) is 6.20 Å². The summed E-state index contributed by atoms with van der Waals surface area (Å²) in [7, 11) is 5.63. The number of aromatic carboxylic acids is 1. The van der Waals surface area contributed by atoms with Crippen LogP contribution in [0.3, 0.4) is 0 Å². The fourth-order valence-corrected chi connectivity index (χ4v) is 1.99. The summed E-state index contributed by atoms with van der Waals surface area (Å²) in [5.41, 5.74) is 1.05. The second kappa shape index (κ2) is 5.82. The molecule has 21 heavy (non-hydrogen) atoms. The topological polar surface area (TPSA) is 70.4 Å². The number of benzene rings is 1. The van der Waals surface area contributed by atoms with Gasteiger partial charge in [0.05, 0.1) is 29.7 Å². The third kappa shape index (κ3) is 3.13. The zero-order valence-electron chi connectivity index (χ0n) is 12.1. The maximum Gasteiger partial charge on any atom is 0.335 e. The quantitative estimate of drug-likeness (QED) is 0.881. The number of hydrogen-bond donors (Lipinski definition) is 2. The van der Waals surface area contributed by atoms with E-state index < -0.39 is 11.8 Å². The minimum Gasteiger partial charge on any atom is -0.478 e. The van der Waals surface area contributed by atoms with Crippen molar-refractivity contribution >= 4 is 17.6 Å². The first kappa shape index (κ1) is 14.8. The molecule has 0 fully saturated rings. The van der Waals surface area contributed by atoms with Gasteiger partial charge in [-0.1, -0.05) is 0 Å². The standard InChI is InChI=1S/C14H17FN4O2/c1-18(2)14-17-8-10(19(14)3)7-16-12-6-9(13(20)21)4-5-11(12)15/h4-6,8,16H,7H2,1-3H3,(H,20,21). The lowest BCUT2D eigenvalue weighted by Crippen LogP contribution is -2.15. The smallest absolute Gasteiger partial charge is 0.335 e. The maximum absolute atomic E-state index is 13.7. The number of halogens is 1. The Morgan fingerprint density at radius 3 is 2.76 bits per heavy atom. The highest BCUT2D eigenvalue weighted by Crippen LogP contribution is 2.18. The normalized spacial score (nSPS) is 10.5. The molecule has 2 N–H and O–H groups in total. The van der Waals surface area contributed by atoms with E-state index in [2.05, 4.69) is 10.3 Å². The Kier molecular flexibility index (Phi) is 4.11. The van der Waals surface area contributed by atoms with Gasteiger partial charge >= 0.3 is 5.97 Å². The molecule has 6 nitrogen and oxygen atoms in total. The van der Waals surface area contributed by atoms with Gasteiger partial charge in [-0.15, -0.1) is 0 Å². The molecule has 0 saturated heterocycles. The molecule has 0 amide bonds. The molecule has 0 aliphatic heterocycles. The molecule has 0 spiro atoms. The highest BCUT2D eigenvalue weighted by Gasteiger charge is 2.11. The summed E-state index contributed by atoms with van der Waals surface area (Å²) in [6, 6.07) is 3.65. The number of rotatable bonds is 5. The Labute approximate surface area is 121 Å². The van der Waals surface area contributed by atoms with Crippen molar-refractivity contribution in [3.8, 4) is 0 Å². The van der Waals surface area contributed by atoms with Crippen molar-refractivity contribution in [3.63, 3.8) is 0 Å². The SMILES string of the molecule is CN(C)c1ncc(CNc2cc(C(=O)O)ccc2F)n1C. The van der Waals surface area contributed by atoms with Crippen molar-refractivity contribution in [1.29, 1.82) is 0 Å². The highest BCUT2D eigenvalue weighted by molar-refractivity contribution is 5.88. The predicted molar refractivity (Wildman–Crippen MR) is 78.2 cm³/mol. The van der Waals surface area contributed by atoms with Crippen molar-refractivity contribution in [3.05, 3.63) is 41.5 Å². The molecule has 0 unspecified atom stereocenters. The van der Waals surface area contributed by atoms with E-state index in [0.717, 1.165) is 17.7 Å². The lowest BCUT2D eigenvalue weighted by molar-refractivity contribution is 0.0697. The number of hydrogen-bond acceptors (Lipinski definition) is 4. The number of carbonyl (C=O) groups is 1. The Bertz CT molecular complexity index is 667. The number of nitrogens with one attached hydrogen (secondary N) is 1. The fraction of sp³-hybridized carbons (Fsp3) is 0.286. The van der Waals surface area contributed by atoms with E-state index in [-0.39, 0.29) is 11.3 Å². The van der Waals surface area contributed by atoms with Crippen LogP contribution in [0, 0.1) is 5.82 Å². The van der Waals surface area contributed by atoms with E-state index >= 15 is 0 Å². The van der Waals surface area contributed by atoms with Crippen LogP contribution in [0.1, 0.15) is 16.1 Å². The van der Waals surface area contributed by atoms with Crippen molar-refractivity contribution in [1.82, 2.24) is 9.55 Å². The van der Waals surface area contributed by atoms with Crippen molar-refractivity contribution in [2.24, 2.45) is 7.05 Å². The van der Waals surface area contributed by atoms with Gasteiger partial charge in [0.1, 0.15) is 5.82 Å². The zero-order chi connectivity index (χ0) is 15.6. The molecular weight excluding hydrogens is 275 g/mol. The van der Waals surface area contributed by atoms with Crippen LogP contribution in [-0.4, -0.2) is 34.7 Å². The van der Waals surface area contributed by atoms with Gasteiger partial charge in [-0.25, -0.2) is 14.2 Å². The third-order valence-corrected chi connectivity index (χ3v) is 3.13. The van der Waals surface area contributed by atoms with Crippen LogP contribution in [-0.2, 0) is 13.6 Å². The number of imidazole rings is 1. The molecular formula is C14H17FN4O2. The van der Waals surface area contributed by atoms with Crippen LogP contribution >= 0.6 is 0 Å². The molecule has 1 heterocycles. The molecule has 0 saturated carbocycles. The number of anilines is 2. The van der Waals surface area contributed by atoms with Crippen molar-refractivity contribution in [2.45, 2.75) is 6.54 Å². The van der Waals surface area contributed by atoms with E-state index in [4.69, 9.17) is 5.11 Å². The first-order valence-electron chi connectivity index (χ1n) is 6.34. The van der Waals surface area contributed by atoms with Crippen LogP contribution in [0.15, 0.2) is 24.4 Å². The van der Waals surface area contributed by atoms with Gasteiger partial charge in [0, 0.05) is 21.1 Å². The Morgan fingerprint density at radius 2 is 2.19 bits per heavy atom. The van der Waals surface area contributed by atoms with Crippen LogP contribution < -0.4 is 10.2 Å². The monoisotopic (exact) mass is 292 g/mol. The minimum absolute atomic E-state index is 0.0397. The van der Waals surface area contributed by atoms with Crippen LogP contribution in [0.2, 0.25) is 0 Å². The molecule has 0 radical (unpaired) electrons. The van der Waals surface area contributed by atoms with Gasteiger partial charge in [0.25, 0.3) is 0 Å². The molecule has 2 aromatic rings. The summed E-state index contributed by atoms with van der Waals surface area (Å²) in [5.74, 6) is -0.796. The third-order valence-electron chi connectivity index (χ3n) is 3.13. The summed E-state index contributed by atoms with van der Waals surface area (Å²) in [6.07, 6.45) is 1.70. The molecule has 112 valence electrons. The first-order chi connectivity index (χ1) is 9.90. The average Bonchev–Trinajstić information content (AvgIpc) is 2.79. The lowest BCUT2D eigenvalue weighted by Gasteiger charge is -2.13. The van der Waals surface area contributed by atoms with Gasteiger partial charge in [0.2, 0.25) is 5.95 Å². The minimum atomic E-state index is -1.09. The van der Waals surface area contributed by atoms with E-state index in [0.29, 0.717) is 6.54 Å². The van der Waals surface area contributed by atoms with Gasteiger partial charge in [-0.2, -0.15) is 0 Å². The van der Waals surface area contributed by atoms with Gasteiger partial charge in [-0.3, -0.25) is 0 Å². The summed E-state index contributed by atoms with van der Waals surface area (Å²) in [4.78, 5) is 17.0. The summed E-state index contributed by atoms with van der Waals surface area (Å²) >= 11 is 0. The summed E-state index contributed by atoms with van der Waals surface area (Å²) < 4.78 is 15.6. The van der Waals surface area contributed by atoms with Crippen molar-refractivity contribution in [2.75, 3.05) is 24.3 Å². The van der Waals surface area contributed by atoms with Gasteiger partial charge in [0.15, 0.2) is 0 Å². The predicted octanol–water partition coefficient (Wildman–Crippen LogP) is 1.94. The Balaban J connectivity index is 2.16. The zero-order valence-corrected chi connectivity index (χ0v) is 12.1. The van der Waals surface area contributed by atoms with Gasteiger partial charge < -0.3 is 19.9 Å². The molecule has 2 rings (SSSR count). The van der Waals surface area contributed by atoms with Crippen LogP contribution in [0.5, 0.6) is 0 Å². The van der Waals surface area contributed by atoms with E-state index in [1.807, 2.05) is 30.6 Å². The Hall–Kier alpha value is -2.57. The van der Waals surface area contributed by atoms with E-state index in [9.17, 15) is 9.18 Å². The molecule has 1 aromatic heterocycles. The molecule has 1 aromatic carbocycles. The number of nitrogens with zero attached hydrogens (tertiary/aromatic N) is 3. The second-order valence-electron chi connectivity index (χ2n) is 4.86. The molecule has 0 atom stereocenters. The molecule has 0 aliphatic carbocycles. The molecule has 0 bridgehead atoms. The summed E-state index contributed by atoms with van der Waals surface area (Å²) in [5, 5.41) is 11.8. The molecule has 0 aliphatic rings. The number of carboxylic acid groups (broad SMARTS) is 1. The van der Waals surface area contributed by atoms with Crippen LogP contribution in [0.4, 0.5) is 16.0 Å². The Morgan fingerprint density at radius 1 is 1.48 bits per heavy atom. The largest absolute Gasteiger partial charge is 0.478 e. The van der Waals surface area contributed by atoms with Gasteiger partial charge in [-0.05, 0) is 18.2 Å². The second-order valence-corrected chi connectivity index (χ2v) is 4.86. The lowest BCUT2D eigenvalue weighted by atomic mass is 10.2.